The largest absolute Gasteiger partial charge is 0.308 e. The third kappa shape index (κ3) is 3.80. The zero-order valence-electron chi connectivity index (χ0n) is 13.0. The molecule has 5 nitrogen and oxygen atoms in total. The van der Waals surface area contributed by atoms with E-state index in [0.29, 0.717) is 0 Å². The highest BCUT2D eigenvalue weighted by atomic mass is 35.5. The number of nitrogens with zero attached hydrogens (tertiary/aromatic N) is 4. The Hall–Kier alpha value is -1.46. The summed E-state index contributed by atoms with van der Waals surface area (Å²) < 4.78 is 1.85. The Kier molecular flexibility index (Phi) is 5.31. The summed E-state index contributed by atoms with van der Waals surface area (Å²) in [5.74, 6) is 0.781. The molecule has 2 aromatic rings. The average Bonchev–Trinajstić information content (AvgIpc) is 2.69. The highest BCUT2D eigenvalue weighted by Crippen LogP contribution is 2.25. The van der Waals surface area contributed by atoms with E-state index in [2.05, 4.69) is 27.3 Å². The lowest BCUT2D eigenvalue weighted by atomic mass is 10.1. The molecule has 0 radical (unpaired) electrons. The van der Waals surface area contributed by atoms with Gasteiger partial charge in [0.05, 0.1) is 28.1 Å². The average molecular weight is 308 g/mol. The molecule has 0 spiro atoms. The molecule has 1 N–H and O–H groups in total. The fourth-order valence-electron chi connectivity index (χ4n) is 2.36. The quantitative estimate of drug-likeness (QED) is 0.891. The highest BCUT2D eigenvalue weighted by molar-refractivity contribution is 6.31. The summed E-state index contributed by atoms with van der Waals surface area (Å²) in [7, 11) is 1.93. The van der Waals surface area contributed by atoms with Crippen molar-refractivity contribution in [3.05, 3.63) is 40.2 Å². The minimum absolute atomic E-state index is 0.110. The van der Waals surface area contributed by atoms with Crippen molar-refractivity contribution in [1.29, 1.82) is 0 Å². The number of halogens is 1. The van der Waals surface area contributed by atoms with Gasteiger partial charge in [0.2, 0.25) is 0 Å². The maximum atomic E-state index is 6.37. The van der Waals surface area contributed by atoms with Crippen LogP contribution in [0.5, 0.6) is 0 Å². The molecule has 0 aliphatic carbocycles. The fourth-order valence-corrected chi connectivity index (χ4v) is 2.60. The standard InChI is InChI=1S/C15H22ClN5/c1-5-7-18-13(12-6-8-17-11(3)19-12)9-14-15(16)10(2)20-21(14)4/h6,8,13,18H,5,7,9H2,1-4H3. The van der Waals surface area contributed by atoms with E-state index in [9.17, 15) is 0 Å². The van der Waals surface area contributed by atoms with Crippen molar-refractivity contribution in [3.63, 3.8) is 0 Å². The second-order valence-corrected chi connectivity index (χ2v) is 5.59. The number of nitrogens with one attached hydrogen (secondary N) is 1. The molecule has 0 bridgehead atoms. The van der Waals surface area contributed by atoms with Gasteiger partial charge in [0.25, 0.3) is 0 Å². The Bertz CT molecular complexity index is 608. The normalized spacial score (nSPS) is 12.6. The summed E-state index contributed by atoms with van der Waals surface area (Å²) in [6, 6.07) is 2.07. The smallest absolute Gasteiger partial charge is 0.125 e. The van der Waals surface area contributed by atoms with E-state index in [1.165, 1.54) is 0 Å². The summed E-state index contributed by atoms with van der Waals surface area (Å²) in [5.41, 5.74) is 2.88. The molecule has 0 amide bonds. The van der Waals surface area contributed by atoms with Crippen LogP contribution in [0.1, 0.15) is 42.3 Å². The maximum absolute atomic E-state index is 6.37. The van der Waals surface area contributed by atoms with E-state index in [4.69, 9.17) is 11.6 Å². The van der Waals surface area contributed by atoms with Crippen molar-refractivity contribution in [2.45, 2.75) is 39.7 Å². The maximum Gasteiger partial charge on any atom is 0.125 e. The van der Waals surface area contributed by atoms with E-state index < -0.39 is 0 Å². The summed E-state index contributed by atoms with van der Waals surface area (Å²) in [6.07, 6.45) is 3.62. The fraction of sp³-hybridized carbons (Fsp3) is 0.533. The SMILES string of the molecule is CCCNC(Cc1c(Cl)c(C)nn1C)c1ccnc(C)n1. The van der Waals surface area contributed by atoms with E-state index in [0.717, 1.165) is 47.3 Å². The second-order valence-electron chi connectivity index (χ2n) is 5.21. The van der Waals surface area contributed by atoms with Crippen molar-refractivity contribution >= 4 is 11.6 Å². The molecule has 1 atom stereocenters. The molecule has 0 aliphatic rings. The van der Waals surface area contributed by atoms with Crippen LogP contribution in [0.4, 0.5) is 0 Å². The van der Waals surface area contributed by atoms with Gasteiger partial charge in [0.15, 0.2) is 0 Å². The predicted octanol–water partition coefficient (Wildman–Crippen LogP) is 2.76. The Balaban J connectivity index is 2.28. The van der Waals surface area contributed by atoms with Crippen molar-refractivity contribution in [1.82, 2.24) is 25.1 Å². The molecule has 2 heterocycles. The molecule has 2 aromatic heterocycles. The highest BCUT2D eigenvalue weighted by Gasteiger charge is 2.19. The molecule has 21 heavy (non-hydrogen) atoms. The van der Waals surface area contributed by atoms with Gasteiger partial charge in [0, 0.05) is 19.7 Å². The van der Waals surface area contributed by atoms with Gasteiger partial charge in [-0.3, -0.25) is 4.68 Å². The number of hydrogen-bond acceptors (Lipinski definition) is 4. The topological polar surface area (TPSA) is 55.6 Å². The molecule has 0 fully saturated rings. The molecule has 1 unspecified atom stereocenters. The Labute approximate surface area is 130 Å². The number of aryl methyl sites for hydroxylation is 3. The van der Waals surface area contributed by atoms with Gasteiger partial charge in [-0.05, 0) is 32.9 Å². The van der Waals surface area contributed by atoms with Crippen LogP contribution in [0.2, 0.25) is 5.02 Å². The van der Waals surface area contributed by atoms with Crippen molar-refractivity contribution in [3.8, 4) is 0 Å². The van der Waals surface area contributed by atoms with Gasteiger partial charge in [-0.2, -0.15) is 5.10 Å². The molecular formula is C15H22ClN5. The van der Waals surface area contributed by atoms with Crippen molar-refractivity contribution in [2.24, 2.45) is 7.05 Å². The van der Waals surface area contributed by atoms with Gasteiger partial charge in [-0.25, -0.2) is 9.97 Å². The lowest BCUT2D eigenvalue weighted by Crippen LogP contribution is -2.26. The van der Waals surface area contributed by atoms with Crippen LogP contribution < -0.4 is 5.32 Å². The first-order chi connectivity index (χ1) is 10.0. The van der Waals surface area contributed by atoms with Gasteiger partial charge in [-0.15, -0.1) is 0 Å². The van der Waals surface area contributed by atoms with Crippen LogP contribution in [0.3, 0.4) is 0 Å². The summed E-state index contributed by atoms with van der Waals surface area (Å²) >= 11 is 6.37. The Morgan fingerprint density at radius 2 is 2.14 bits per heavy atom. The molecule has 114 valence electrons. The second kappa shape index (κ2) is 7.00. The summed E-state index contributed by atoms with van der Waals surface area (Å²) in [6.45, 7) is 6.91. The number of hydrogen-bond donors (Lipinski definition) is 1. The lowest BCUT2D eigenvalue weighted by Gasteiger charge is -2.18. The van der Waals surface area contributed by atoms with Gasteiger partial charge < -0.3 is 5.32 Å². The number of aromatic nitrogens is 4. The minimum Gasteiger partial charge on any atom is -0.308 e. The molecule has 0 aliphatic heterocycles. The first-order valence-electron chi connectivity index (χ1n) is 7.23. The van der Waals surface area contributed by atoms with Crippen molar-refractivity contribution < 1.29 is 0 Å². The van der Waals surface area contributed by atoms with Gasteiger partial charge >= 0.3 is 0 Å². The van der Waals surface area contributed by atoms with E-state index in [-0.39, 0.29) is 6.04 Å². The molecule has 0 saturated heterocycles. The van der Waals surface area contributed by atoms with Crippen LogP contribution >= 0.6 is 11.6 Å². The zero-order valence-corrected chi connectivity index (χ0v) is 13.8. The van der Waals surface area contributed by atoms with Crippen LogP contribution in [0.15, 0.2) is 12.3 Å². The van der Waals surface area contributed by atoms with Crippen molar-refractivity contribution in [2.75, 3.05) is 6.54 Å². The Morgan fingerprint density at radius 1 is 1.38 bits per heavy atom. The minimum atomic E-state index is 0.110. The third-order valence-electron chi connectivity index (χ3n) is 3.45. The molecule has 0 aromatic carbocycles. The first kappa shape index (κ1) is 15.9. The molecule has 2 rings (SSSR count). The van der Waals surface area contributed by atoms with Crippen LogP contribution in [-0.2, 0) is 13.5 Å². The summed E-state index contributed by atoms with van der Waals surface area (Å²) in [5, 5.41) is 8.66. The molecular weight excluding hydrogens is 286 g/mol. The third-order valence-corrected chi connectivity index (χ3v) is 3.95. The van der Waals surface area contributed by atoms with Crippen LogP contribution in [0, 0.1) is 13.8 Å². The van der Waals surface area contributed by atoms with E-state index in [1.54, 1.807) is 6.20 Å². The molecule has 0 saturated carbocycles. The van der Waals surface area contributed by atoms with Gasteiger partial charge in [-0.1, -0.05) is 18.5 Å². The predicted molar refractivity (Wildman–Crippen MR) is 84.5 cm³/mol. The monoisotopic (exact) mass is 307 g/mol. The van der Waals surface area contributed by atoms with Crippen LogP contribution in [0.25, 0.3) is 0 Å². The van der Waals surface area contributed by atoms with Crippen LogP contribution in [-0.4, -0.2) is 26.3 Å². The van der Waals surface area contributed by atoms with Gasteiger partial charge in [0.1, 0.15) is 5.82 Å². The lowest BCUT2D eigenvalue weighted by molar-refractivity contribution is 0.500. The summed E-state index contributed by atoms with van der Waals surface area (Å²) in [4.78, 5) is 8.71. The zero-order chi connectivity index (χ0) is 15.4. The Morgan fingerprint density at radius 3 is 2.71 bits per heavy atom. The van der Waals surface area contributed by atoms with E-state index in [1.807, 2.05) is 31.6 Å². The molecule has 6 heteroatoms. The first-order valence-corrected chi connectivity index (χ1v) is 7.61. The number of rotatable bonds is 6. The van der Waals surface area contributed by atoms with E-state index >= 15 is 0 Å².